The van der Waals surface area contributed by atoms with Gasteiger partial charge in [0.1, 0.15) is 0 Å². The molecule has 1 aromatic heterocycles. The van der Waals surface area contributed by atoms with Crippen LogP contribution in [0.1, 0.15) is 57.5 Å². The number of thiazole rings is 1. The van der Waals surface area contributed by atoms with E-state index in [9.17, 15) is 15.0 Å². The number of hydrogen-bond donors (Lipinski definition) is 3. The number of aliphatic hydroxyl groups excluding tert-OH is 1. The van der Waals surface area contributed by atoms with Crippen molar-refractivity contribution in [1.82, 2.24) is 4.98 Å². The van der Waals surface area contributed by atoms with Crippen molar-refractivity contribution in [2.45, 2.75) is 65.9 Å². The second-order valence-corrected chi connectivity index (χ2v) is 12.5. The molecule has 5 rings (SSSR count). The second kappa shape index (κ2) is 9.03. The third-order valence-corrected chi connectivity index (χ3v) is 10.2. The Morgan fingerprint density at radius 3 is 2.59 bits per heavy atom. The normalized spacial score (nSPS) is 37.2. The molecular formula is C28H39NO4S. The minimum atomic E-state index is -0.891. The van der Waals surface area contributed by atoms with E-state index in [0.29, 0.717) is 41.9 Å². The first kappa shape index (κ1) is 25.3. The Hall–Kier alpha value is -1.76. The molecule has 6 heteroatoms. The van der Waals surface area contributed by atoms with E-state index in [4.69, 9.17) is 5.11 Å². The summed E-state index contributed by atoms with van der Waals surface area (Å²) >= 11 is 1.52. The van der Waals surface area contributed by atoms with E-state index in [1.165, 1.54) is 17.8 Å². The number of nitrogens with zero attached hydrogens (tertiary/aromatic N) is 1. The third-order valence-electron chi connectivity index (χ3n) is 9.21. The fraction of sp³-hybridized carbons (Fsp3) is 0.643. The minimum Gasteiger partial charge on any atom is -0.481 e. The molecule has 2 saturated carbocycles. The fourth-order valence-corrected chi connectivity index (χ4v) is 8.04. The van der Waals surface area contributed by atoms with E-state index in [1.54, 1.807) is 5.51 Å². The number of aliphatic hydroxyl groups is 2. The maximum Gasteiger partial charge on any atom is 0.303 e. The molecule has 0 aromatic carbocycles. The van der Waals surface area contributed by atoms with Crippen LogP contribution in [-0.2, 0) is 11.2 Å². The van der Waals surface area contributed by atoms with Gasteiger partial charge in [-0.3, -0.25) is 4.79 Å². The zero-order chi connectivity index (χ0) is 25.0. The van der Waals surface area contributed by atoms with Crippen LogP contribution < -0.4 is 0 Å². The lowest BCUT2D eigenvalue weighted by atomic mass is 9.64. The molecule has 4 aliphatic carbocycles. The van der Waals surface area contributed by atoms with Gasteiger partial charge in [0, 0.05) is 17.2 Å². The smallest absolute Gasteiger partial charge is 0.303 e. The van der Waals surface area contributed by atoms with Gasteiger partial charge in [-0.2, -0.15) is 0 Å². The van der Waals surface area contributed by atoms with Crippen molar-refractivity contribution in [3.8, 4) is 0 Å². The lowest BCUT2D eigenvalue weighted by Gasteiger charge is -2.42. The minimum absolute atomic E-state index is 0.0524. The molecule has 0 saturated heterocycles. The Morgan fingerprint density at radius 1 is 1.29 bits per heavy atom. The van der Waals surface area contributed by atoms with Gasteiger partial charge in [0.25, 0.3) is 0 Å². The number of carboxylic acids is 1. The van der Waals surface area contributed by atoms with Crippen molar-refractivity contribution in [2.75, 3.05) is 6.61 Å². The van der Waals surface area contributed by atoms with E-state index in [-0.39, 0.29) is 18.9 Å². The highest BCUT2D eigenvalue weighted by Crippen LogP contribution is 2.72. The van der Waals surface area contributed by atoms with Crippen molar-refractivity contribution in [3.63, 3.8) is 0 Å². The zero-order valence-corrected chi connectivity index (χ0v) is 21.9. The number of aromatic nitrogens is 1. The molecule has 1 aromatic rings. The van der Waals surface area contributed by atoms with E-state index < -0.39 is 11.6 Å². The van der Waals surface area contributed by atoms with Gasteiger partial charge in [0.2, 0.25) is 0 Å². The number of hydrogen-bond acceptors (Lipinski definition) is 5. The largest absolute Gasteiger partial charge is 0.481 e. The first-order chi connectivity index (χ1) is 15.9. The molecule has 3 N–H and O–H groups in total. The van der Waals surface area contributed by atoms with Crippen LogP contribution in [0.5, 0.6) is 0 Å². The monoisotopic (exact) mass is 485 g/mol. The number of carboxylic acid groups (broad SMARTS) is 1. The summed E-state index contributed by atoms with van der Waals surface area (Å²) in [6, 6.07) is 0. The molecule has 0 bridgehead atoms. The summed E-state index contributed by atoms with van der Waals surface area (Å²) in [6.07, 6.45) is 7.22. The van der Waals surface area contributed by atoms with Gasteiger partial charge in [-0.05, 0) is 78.4 Å². The predicted octanol–water partition coefficient (Wildman–Crippen LogP) is 5.19. The van der Waals surface area contributed by atoms with Gasteiger partial charge >= 0.3 is 5.97 Å². The average molecular weight is 486 g/mol. The maximum absolute atomic E-state index is 11.5. The third kappa shape index (κ3) is 4.22. The molecule has 34 heavy (non-hydrogen) atoms. The second-order valence-electron chi connectivity index (χ2n) is 11.5. The number of carbonyl (C=O) groups is 1. The molecule has 7 atom stereocenters. The molecule has 0 amide bonds. The quantitative estimate of drug-likeness (QED) is 0.511. The average Bonchev–Trinajstić information content (AvgIpc) is 3.01. The summed E-state index contributed by atoms with van der Waals surface area (Å²) < 4.78 is 0. The van der Waals surface area contributed by atoms with E-state index in [1.807, 2.05) is 6.92 Å². The highest BCUT2D eigenvalue weighted by Gasteiger charge is 2.67. The first-order valence-corrected chi connectivity index (χ1v) is 13.3. The number of fused-ring (bicyclic) bond motifs is 5. The van der Waals surface area contributed by atoms with Crippen molar-refractivity contribution in [3.05, 3.63) is 51.5 Å². The van der Waals surface area contributed by atoms with Crippen LogP contribution >= 0.6 is 11.3 Å². The van der Waals surface area contributed by atoms with Gasteiger partial charge in [-0.15, -0.1) is 11.3 Å². The maximum atomic E-state index is 11.5. The summed E-state index contributed by atoms with van der Waals surface area (Å²) in [7, 11) is 0. The van der Waals surface area contributed by atoms with Gasteiger partial charge < -0.3 is 15.3 Å². The molecule has 4 aliphatic rings. The Balaban J connectivity index is 0.000000210. The number of allylic oxidation sites excluding steroid dienone is 1. The topological polar surface area (TPSA) is 90.7 Å². The molecular weight excluding hydrogens is 446 g/mol. The molecule has 1 heterocycles. The SMILES string of the molecule is C=C1C(C)=CC2C3C(C=C(CO)CC12O)C1C(C[C@H]3C)C1(C)C.Cc1ncsc1CCC(=O)O. The van der Waals surface area contributed by atoms with Gasteiger partial charge in [-0.1, -0.05) is 39.5 Å². The molecule has 6 unspecified atom stereocenters. The molecule has 186 valence electrons. The van der Waals surface area contributed by atoms with Crippen LogP contribution in [-0.4, -0.2) is 38.5 Å². The van der Waals surface area contributed by atoms with E-state index in [2.05, 4.69) is 51.4 Å². The first-order valence-electron chi connectivity index (χ1n) is 12.4. The highest BCUT2D eigenvalue weighted by molar-refractivity contribution is 7.09. The molecule has 0 spiro atoms. The fourth-order valence-electron chi connectivity index (χ4n) is 7.26. The molecule has 5 nitrogen and oxygen atoms in total. The van der Waals surface area contributed by atoms with Crippen molar-refractivity contribution in [2.24, 2.45) is 40.9 Å². The molecule has 2 fully saturated rings. The summed E-state index contributed by atoms with van der Waals surface area (Å²) in [5, 5.41) is 29.8. The molecule has 0 radical (unpaired) electrons. The summed E-state index contributed by atoms with van der Waals surface area (Å²) in [5.41, 5.74) is 5.22. The van der Waals surface area contributed by atoms with Crippen molar-refractivity contribution in [1.29, 1.82) is 0 Å². The molecule has 0 aliphatic heterocycles. The summed E-state index contributed by atoms with van der Waals surface area (Å²) in [4.78, 5) is 15.3. The zero-order valence-electron chi connectivity index (χ0n) is 21.0. The van der Waals surface area contributed by atoms with Gasteiger partial charge in [-0.25, -0.2) is 4.98 Å². The van der Waals surface area contributed by atoms with Crippen LogP contribution in [0.4, 0.5) is 0 Å². The van der Waals surface area contributed by atoms with Crippen LogP contribution in [0.15, 0.2) is 41.0 Å². The Labute approximate surface area is 207 Å². The lowest BCUT2D eigenvalue weighted by molar-refractivity contribution is -0.136. The van der Waals surface area contributed by atoms with Crippen molar-refractivity contribution >= 4 is 17.3 Å². The summed E-state index contributed by atoms with van der Waals surface area (Å²) in [6.45, 7) is 15.4. The van der Waals surface area contributed by atoms with Gasteiger partial charge in [0.05, 0.1) is 29.8 Å². The highest BCUT2D eigenvalue weighted by atomic mass is 32.1. The standard InChI is InChI=1S/C21H30O2.C7H9NO2S/c1-11-6-16-18-12(2)7-17-19(20(17,4)5)15(18)8-14(10-22)9-21(16,23)13(11)3;1-5-6(11-4-8-5)2-3-7(9)10/h6,8,12,15-19,22-23H,3,7,9-10H2,1-2,4-5H3;4H,2-3H2,1H3,(H,9,10)/t12-,15?,16?,17?,18?,19?,21?;/m1./s1. The van der Waals surface area contributed by atoms with Crippen LogP contribution in [0.25, 0.3) is 0 Å². The van der Waals surface area contributed by atoms with Gasteiger partial charge in [0.15, 0.2) is 0 Å². The predicted molar refractivity (Wildman–Crippen MR) is 135 cm³/mol. The number of rotatable bonds is 4. The number of aryl methyl sites for hydroxylation is 2. The summed E-state index contributed by atoms with van der Waals surface area (Å²) in [5.74, 6) is 2.44. The van der Waals surface area contributed by atoms with E-state index in [0.717, 1.165) is 33.2 Å². The Morgan fingerprint density at radius 2 is 2.00 bits per heavy atom. The van der Waals surface area contributed by atoms with Crippen LogP contribution in [0, 0.1) is 47.8 Å². The number of aliphatic carboxylic acids is 1. The van der Waals surface area contributed by atoms with Crippen LogP contribution in [0.2, 0.25) is 0 Å². The van der Waals surface area contributed by atoms with Crippen LogP contribution in [0.3, 0.4) is 0 Å². The lowest BCUT2D eigenvalue weighted by Crippen LogP contribution is -2.44. The Bertz CT molecular complexity index is 1040. The van der Waals surface area contributed by atoms with E-state index >= 15 is 0 Å². The Kier molecular flexibility index (Phi) is 6.73. The van der Waals surface area contributed by atoms with Crippen molar-refractivity contribution < 1.29 is 20.1 Å².